The Morgan fingerprint density at radius 3 is 1.71 bits per heavy atom. The predicted octanol–water partition coefficient (Wildman–Crippen LogP) is 1.69. The van der Waals surface area contributed by atoms with Crippen molar-refractivity contribution in [2.75, 3.05) is 6.26 Å². The van der Waals surface area contributed by atoms with Gasteiger partial charge in [0, 0.05) is 0 Å². The molecule has 14 heavy (non-hydrogen) atoms. The Morgan fingerprint density at radius 1 is 1.43 bits per heavy atom. The normalized spacial score (nSPS) is 10.9. The lowest BCUT2D eigenvalue weighted by Crippen LogP contribution is -2.30. The van der Waals surface area contributed by atoms with Gasteiger partial charge >= 0.3 is 12.1 Å². The number of hydrogen-bond acceptors (Lipinski definition) is 3. The van der Waals surface area contributed by atoms with Crippen molar-refractivity contribution in [1.29, 1.82) is 5.26 Å². The molecule has 0 unspecified atom stereocenters. The molecule has 0 saturated carbocycles. The molecule has 3 nitrogen and oxygen atoms in total. The molecule has 0 aliphatic rings. The number of alkyl halides is 3. The summed E-state index contributed by atoms with van der Waals surface area (Å²) in [6.45, 7) is 3.80. The molecule has 7 heteroatoms. The predicted molar refractivity (Wildman–Crippen MR) is 48.5 cm³/mol. The van der Waals surface area contributed by atoms with Crippen LogP contribution in [-0.2, 0) is 4.79 Å². The number of nitrogens with zero attached hydrogens (tertiary/aromatic N) is 1. The van der Waals surface area contributed by atoms with Crippen LogP contribution in [0.3, 0.4) is 0 Å². The highest BCUT2D eigenvalue weighted by Crippen LogP contribution is 2.18. The second-order valence-electron chi connectivity index (χ2n) is 2.69. The second kappa shape index (κ2) is 5.75. The van der Waals surface area contributed by atoms with Crippen molar-refractivity contribution in [3.63, 3.8) is 0 Å². The highest BCUT2D eigenvalue weighted by Gasteiger charge is 2.35. The summed E-state index contributed by atoms with van der Waals surface area (Å²) >= 11 is 1.57. The van der Waals surface area contributed by atoms with E-state index in [1.807, 2.05) is 20.1 Å². The van der Waals surface area contributed by atoms with Crippen molar-refractivity contribution < 1.29 is 18.0 Å². The number of thioether (sulfide) groups is 1. The van der Waals surface area contributed by atoms with Gasteiger partial charge in [0.15, 0.2) is 0 Å². The Labute approximate surface area is 84.4 Å². The third-order valence-electron chi connectivity index (χ3n) is 1.06. The van der Waals surface area contributed by atoms with E-state index >= 15 is 0 Å². The quantitative estimate of drug-likeness (QED) is 0.742. The molecular formula is C7H11F3N2OS. The Hall–Kier alpha value is -0.900. The Balaban J connectivity index is 0. The zero-order chi connectivity index (χ0) is 12.0. The van der Waals surface area contributed by atoms with Crippen molar-refractivity contribution in [2.45, 2.75) is 24.8 Å². The summed E-state index contributed by atoms with van der Waals surface area (Å²) in [5.74, 6) is -2.26. The average molecular weight is 228 g/mol. The van der Waals surface area contributed by atoms with Gasteiger partial charge in [-0.2, -0.15) is 18.4 Å². The van der Waals surface area contributed by atoms with Crippen molar-refractivity contribution in [3.05, 3.63) is 0 Å². The summed E-state index contributed by atoms with van der Waals surface area (Å²) in [7, 11) is 0. The molecule has 0 aromatic carbocycles. The smallest absolute Gasteiger partial charge is 0.362 e. The highest BCUT2D eigenvalue weighted by molar-refractivity contribution is 8.00. The van der Waals surface area contributed by atoms with Gasteiger partial charge in [-0.1, -0.05) is 0 Å². The van der Waals surface area contributed by atoms with Crippen LogP contribution in [0.25, 0.3) is 0 Å². The molecule has 0 fully saturated rings. The first-order valence-electron chi connectivity index (χ1n) is 3.40. The van der Waals surface area contributed by atoms with E-state index in [1.165, 1.54) is 0 Å². The number of nitrogens with two attached hydrogens (primary N) is 1. The molecule has 0 heterocycles. The second-order valence-corrected chi connectivity index (χ2v) is 4.12. The van der Waals surface area contributed by atoms with Crippen molar-refractivity contribution in [1.82, 2.24) is 0 Å². The van der Waals surface area contributed by atoms with Crippen LogP contribution in [0.5, 0.6) is 0 Å². The monoisotopic (exact) mass is 228 g/mol. The number of hydrogen-bond donors (Lipinski definition) is 1. The number of rotatable bonds is 1. The molecule has 0 aliphatic carbocycles. The molecule has 0 rings (SSSR count). The van der Waals surface area contributed by atoms with E-state index in [4.69, 9.17) is 10.1 Å². The molecule has 0 spiro atoms. The summed E-state index contributed by atoms with van der Waals surface area (Å²) in [6, 6.07) is 2.15. The maximum atomic E-state index is 10.7. The molecule has 0 bridgehead atoms. The molecule has 0 aromatic rings. The minimum atomic E-state index is -4.86. The third kappa shape index (κ3) is 9.19. The molecule has 0 aliphatic heterocycles. The molecule has 0 atom stereocenters. The van der Waals surface area contributed by atoms with Gasteiger partial charge in [-0.25, -0.2) is 0 Å². The lowest BCUT2D eigenvalue weighted by Gasteiger charge is -2.08. The Bertz CT molecular complexity index is 232. The fourth-order valence-electron chi connectivity index (χ4n) is 0.0456. The van der Waals surface area contributed by atoms with Gasteiger partial charge in [-0.3, -0.25) is 4.79 Å². The summed E-state index contributed by atoms with van der Waals surface area (Å²) in [5.41, 5.74) is 3.81. The first-order valence-corrected chi connectivity index (χ1v) is 4.62. The summed E-state index contributed by atoms with van der Waals surface area (Å²) < 4.78 is 31.9. The molecular weight excluding hydrogens is 217 g/mol. The van der Waals surface area contributed by atoms with Crippen molar-refractivity contribution in [2.24, 2.45) is 5.73 Å². The van der Waals surface area contributed by atoms with Crippen LogP contribution in [0.2, 0.25) is 0 Å². The number of primary amides is 1. The fourth-order valence-corrected chi connectivity index (χ4v) is 0.137. The van der Waals surface area contributed by atoms with Crippen LogP contribution in [0.1, 0.15) is 13.8 Å². The molecule has 0 aromatic heterocycles. The average Bonchev–Trinajstić information content (AvgIpc) is 2.04. The van der Waals surface area contributed by atoms with E-state index in [1.54, 1.807) is 11.8 Å². The van der Waals surface area contributed by atoms with E-state index in [2.05, 4.69) is 11.8 Å². The standard InChI is InChI=1S/C5H9NS.C2H2F3NO/c1-5(2,4-6)7-3;3-2(4,5)1(6)7/h1-3H3;(H2,6,7). The molecule has 0 radical (unpaired) electrons. The van der Waals surface area contributed by atoms with Crippen molar-refractivity contribution >= 4 is 17.7 Å². The SMILES string of the molecule is CSC(C)(C)C#N.NC(=O)C(F)(F)F. The van der Waals surface area contributed by atoms with Gasteiger partial charge in [-0.05, 0) is 20.1 Å². The van der Waals surface area contributed by atoms with E-state index in [0.29, 0.717) is 0 Å². The number of nitriles is 1. The van der Waals surface area contributed by atoms with Crippen LogP contribution in [0.15, 0.2) is 0 Å². The van der Waals surface area contributed by atoms with Gasteiger partial charge in [0.1, 0.15) is 0 Å². The van der Waals surface area contributed by atoms with Crippen LogP contribution in [0, 0.1) is 11.3 Å². The van der Waals surface area contributed by atoms with Gasteiger partial charge < -0.3 is 5.73 Å². The number of carbonyl (C=O) groups is 1. The summed E-state index contributed by atoms with van der Waals surface area (Å²) in [5, 5.41) is 8.32. The van der Waals surface area contributed by atoms with Gasteiger partial charge in [-0.15, -0.1) is 11.8 Å². The summed E-state index contributed by atoms with van der Waals surface area (Å²) in [6.07, 6.45) is -2.93. The number of amides is 1. The lowest BCUT2D eigenvalue weighted by atomic mass is 10.2. The number of halogens is 3. The molecule has 2 N–H and O–H groups in total. The van der Waals surface area contributed by atoms with Gasteiger partial charge in [0.25, 0.3) is 0 Å². The van der Waals surface area contributed by atoms with E-state index in [-0.39, 0.29) is 4.75 Å². The van der Waals surface area contributed by atoms with Crippen molar-refractivity contribution in [3.8, 4) is 6.07 Å². The van der Waals surface area contributed by atoms with Gasteiger partial charge in [0.05, 0.1) is 10.8 Å². The Kier molecular flexibility index (Phi) is 6.40. The lowest BCUT2D eigenvalue weighted by molar-refractivity contribution is -0.169. The van der Waals surface area contributed by atoms with Crippen LogP contribution in [0.4, 0.5) is 13.2 Å². The number of carbonyl (C=O) groups excluding carboxylic acids is 1. The van der Waals surface area contributed by atoms with E-state index in [9.17, 15) is 13.2 Å². The fraction of sp³-hybridized carbons (Fsp3) is 0.714. The van der Waals surface area contributed by atoms with Gasteiger partial charge in [0.2, 0.25) is 0 Å². The maximum Gasteiger partial charge on any atom is 0.470 e. The van der Waals surface area contributed by atoms with Crippen LogP contribution in [-0.4, -0.2) is 23.1 Å². The third-order valence-corrected chi connectivity index (χ3v) is 2.17. The zero-order valence-corrected chi connectivity index (χ0v) is 8.79. The van der Waals surface area contributed by atoms with E-state index < -0.39 is 12.1 Å². The highest BCUT2D eigenvalue weighted by atomic mass is 32.2. The minimum Gasteiger partial charge on any atom is -0.362 e. The summed E-state index contributed by atoms with van der Waals surface area (Å²) in [4.78, 5) is 9.12. The largest absolute Gasteiger partial charge is 0.470 e. The Morgan fingerprint density at radius 2 is 1.71 bits per heavy atom. The molecule has 1 amide bonds. The first-order chi connectivity index (χ1) is 6.06. The minimum absolute atomic E-state index is 0.194. The molecule has 0 saturated heterocycles. The maximum absolute atomic E-state index is 10.7. The van der Waals surface area contributed by atoms with Crippen LogP contribution >= 0.6 is 11.8 Å². The van der Waals surface area contributed by atoms with E-state index in [0.717, 1.165) is 0 Å². The topological polar surface area (TPSA) is 66.9 Å². The van der Waals surface area contributed by atoms with Crippen LogP contribution < -0.4 is 5.73 Å². The molecule has 82 valence electrons. The first kappa shape index (κ1) is 15.6. The zero-order valence-electron chi connectivity index (χ0n) is 7.97.